The monoisotopic (exact) mass is 318 g/mol. The molecule has 1 fully saturated rings. The zero-order valence-corrected chi connectivity index (χ0v) is 13.6. The molecule has 6 heteroatoms. The first-order valence-corrected chi connectivity index (χ1v) is 7.88. The Hall–Kier alpha value is -1.76. The van der Waals surface area contributed by atoms with E-state index in [-0.39, 0.29) is 18.5 Å². The molecule has 2 heterocycles. The van der Waals surface area contributed by atoms with Gasteiger partial charge in [-0.05, 0) is 50.3 Å². The maximum atomic E-state index is 13.7. The van der Waals surface area contributed by atoms with Crippen LogP contribution < -0.4 is 0 Å². The zero-order valence-electron chi connectivity index (χ0n) is 13.6. The number of aliphatic hydroxyl groups excluding tert-OH is 1. The molecule has 1 aromatic heterocycles. The number of likely N-dealkylation sites (tertiary alicyclic amines) is 1. The van der Waals surface area contributed by atoms with Gasteiger partial charge in [-0.3, -0.25) is 4.90 Å². The van der Waals surface area contributed by atoms with Gasteiger partial charge < -0.3 is 10.0 Å². The van der Waals surface area contributed by atoms with Crippen LogP contribution in [-0.4, -0.2) is 64.0 Å². The number of rotatable bonds is 5. The Balaban J connectivity index is 1.86. The lowest BCUT2D eigenvalue weighted by molar-refractivity contribution is 0.153. The molecule has 23 heavy (non-hydrogen) atoms. The van der Waals surface area contributed by atoms with Crippen molar-refractivity contribution in [1.82, 2.24) is 19.6 Å². The summed E-state index contributed by atoms with van der Waals surface area (Å²) in [6, 6.07) is 7.14. The Morgan fingerprint density at radius 3 is 2.87 bits per heavy atom. The van der Waals surface area contributed by atoms with Crippen molar-refractivity contribution < 1.29 is 9.50 Å². The molecule has 0 radical (unpaired) electrons. The summed E-state index contributed by atoms with van der Waals surface area (Å²) >= 11 is 0. The van der Waals surface area contributed by atoms with Crippen molar-refractivity contribution in [1.29, 1.82) is 0 Å². The fourth-order valence-corrected chi connectivity index (χ4v) is 3.25. The predicted octanol–water partition coefficient (Wildman–Crippen LogP) is 1.51. The molecule has 3 rings (SSSR count). The maximum absolute atomic E-state index is 13.7. The molecule has 1 N–H and O–H groups in total. The third kappa shape index (κ3) is 3.44. The predicted molar refractivity (Wildman–Crippen MR) is 86.9 cm³/mol. The van der Waals surface area contributed by atoms with E-state index in [0.29, 0.717) is 12.6 Å². The van der Waals surface area contributed by atoms with Gasteiger partial charge in [0.05, 0.1) is 12.3 Å². The van der Waals surface area contributed by atoms with Crippen LogP contribution in [0.2, 0.25) is 0 Å². The van der Waals surface area contributed by atoms with E-state index in [0.717, 1.165) is 24.2 Å². The molecule has 0 aliphatic carbocycles. The Morgan fingerprint density at radius 2 is 2.22 bits per heavy atom. The second kappa shape index (κ2) is 6.78. The van der Waals surface area contributed by atoms with E-state index < -0.39 is 0 Å². The van der Waals surface area contributed by atoms with Crippen molar-refractivity contribution >= 4 is 0 Å². The number of aromatic nitrogens is 2. The summed E-state index contributed by atoms with van der Waals surface area (Å²) in [5.41, 5.74) is 1.76. The van der Waals surface area contributed by atoms with E-state index >= 15 is 0 Å². The molecular weight excluding hydrogens is 295 g/mol. The highest BCUT2D eigenvalue weighted by atomic mass is 19.1. The van der Waals surface area contributed by atoms with Gasteiger partial charge in [0.15, 0.2) is 0 Å². The lowest BCUT2D eigenvalue weighted by Gasteiger charge is -2.24. The van der Waals surface area contributed by atoms with E-state index in [4.69, 9.17) is 0 Å². The number of hydrogen-bond acceptors (Lipinski definition) is 4. The Bertz CT molecular complexity index is 644. The fraction of sp³-hybridized carbons (Fsp3) is 0.471. The number of likely N-dealkylation sites (N-methyl/N-ethyl adjacent to an activating group) is 1. The lowest BCUT2D eigenvalue weighted by atomic mass is 10.1. The van der Waals surface area contributed by atoms with E-state index in [2.05, 4.69) is 29.0 Å². The van der Waals surface area contributed by atoms with Crippen LogP contribution in [0.4, 0.5) is 4.39 Å². The number of halogens is 1. The molecular formula is C17H23FN4O. The number of nitrogens with zero attached hydrogens (tertiary/aromatic N) is 4. The van der Waals surface area contributed by atoms with Crippen molar-refractivity contribution in [3.05, 3.63) is 48.0 Å². The minimum atomic E-state index is -0.250. The normalized spacial score (nSPS) is 22.1. The van der Waals surface area contributed by atoms with Gasteiger partial charge in [-0.2, -0.15) is 5.10 Å². The molecule has 1 aliphatic heterocycles. The van der Waals surface area contributed by atoms with Crippen molar-refractivity contribution in [3.8, 4) is 5.69 Å². The highest BCUT2D eigenvalue weighted by Crippen LogP contribution is 2.25. The largest absolute Gasteiger partial charge is 0.395 e. The molecule has 2 aromatic rings. The number of benzene rings is 1. The first-order valence-electron chi connectivity index (χ1n) is 7.88. The Morgan fingerprint density at radius 1 is 1.39 bits per heavy atom. The van der Waals surface area contributed by atoms with Crippen LogP contribution in [0.1, 0.15) is 12.0 Å². The van der Waals surface area contributed by atoms with Crippen LogP contribution in [0.5, 0.6) is 0 Å². The third-order valence-corrected chi connectivity index (χ3v) is 4.61. The summed E-state index contributed by atoms with van der Waals surface area (Å²) in [6.45, 7) is 1.59. The van der Waals surface area contributed by atoms with Crippen molar-refractivity contribution in [3.63, 3.8) is 0 Å². The SMILES string of the molecule is CN(C)[C@@H]1C[C@@H](CO)N(Cc2cc(F)ccc2-n2cccn2)C1. The summed E-state index contributed by atoms with van der Waals surface area (Å²) in [6.07, 6.45) is 4.49. The van der Waals surface area contributed by atoms with Gasteiger partial charge in [0.2, 0.25) is 0 Å². The summed E-state index contributed by atoms with van der Waals surface area (Å²) in [7, 11) is 4.11. The highest BCUT2D eigenvalue weighted by Gasteiger charge is 2.33. The summed E-state index contributed by atoms with van der Waals surface area (Å²) in [5, 5.41) is 13.9. The molecule has 0 amide bonds. The molecule has 1 saturated heterocycles. The van der Waals surface area contributed by atoms with E-state index in [1.54, 1.807) is 23.0 Å². The molecule has 5 nitrogen and oxygen atoms in total. The van der Waals surface area contributed by atoms with Gasteiger partial charge in [-0.15, -0.1) is 0 Å². The van der Waals surface area contributed by atoms with Gasteiger partial charge in [0.25, 0.3) is 0 Å². The molecule has 2 atom stereocenters. The average Bonchev–Trinajstić information content (AvgIpc) is 3.16. The van der Waals surface area contributed by atoms with Crippen LogP contribution in [0, 0.1) is 5.82 Å². The van der Waals surface area contributed by atoms with E-state index in [1.807, 2.05) is 12.3 Å². The fourth-order valence-electron chi connectivity index (χ4n) is 3.25. The molecule has 0 bridgehead atoms. The molecule has 0 unspecified atom stereocenters. The third-order valence-electron chi connectivity index (χ3n) is 4.61. The molecule has 0 spiro atoms. The van der Waals surface area contributed by atoms with Gasteiger partial charge >= 0.3 is 0 Å². The summed E-state index contributed by atoms with van der Waals surface area (Å²) in [5.74, 6) is -0.250. The van der Waals surface area contributed by atoms with Gasteiger partial charge in [0.1, 0.15) is 5.82 Å². The topological polar surface area (TPSA) is 44.5 Å². The van der Waals surface area contributed by atoms with Crippen molar-refractivity contribution in [2.45, 2.75) is 25.0 Å². The Labute approximate surface area is 135 Å². The van der Waals surface area contributed by atoms with E-state index in [9.17, 15) is 9.50 Å². The van der Waals surface area contributed by atoms with Gasteiger partial charge in [-0.1, -0.05) is 0 Å². The molecule has 1 aliphatic rings. The molecule has 0 saturated carbocycles. The maximum Gasteiger partial charge on any atom is 0.123 e. The molecule has 124 valence electrons. The van der Waals surface area contributed by atoms with Crippen LogP contribution >= 0.6 is 0 Å². The second-order valence-electron chi connectivity index (χ2n) is 6.34. The minimum Gasteiger partial charge on any atom is -0.395 e. The van der Waals surface area contributed by atoms with E-state index in [1.165, 1.54) is 6.07 Å². The zero-order chi connectivity index (χ0) is 16.4. The Kier molecular flexibility index (Phi) is 4.75. The van der Waals surface area contributed by atoms with Crippen LogP contribution in [0.25, 0.3) is 5.69 Å². The lowest BCUT2D eigenvalue weighted by Crippen LogP contribution is -2.33. The van der Waals surface area contributed by atoms with Crippen molar-refractivity contribution in [2.75, 3.05) is 27.2 Å². The van der Waals surface area contributed by atoms with Crippen molar-refractivity contribution in [2.24, 2.45) is 0 Å². The van der Waals surface area contributed by atoms with Crippen LogP contribution in [-0.2, 0) is 6.54 Å². The highest BCUT2D eigenvalue weighted by molar-refractivity contribution is 5.40. The first kappa shape index (κ1) is 16.1. The van der Waals surface area contributed by atoms with Crippen LogP contribution in [0.15, 0.2) is 36.7 Å². The number of aliphatic hydroxyl groups is 1. The second-order valence-corrected chi connectivity index (χ2v) is 6.34. The molecule has 1 aromatic carbocycles. The summed E-state index contributed by atoms with van der Waals surface area (Å²) in [4.78, 5) is 4.41. The minimum absolute atomic E-state index is 0.108. The average molecular weight is 318 g/mol. The number of hydrogen-bond donors (Lipinski definition) is 1. The van der Waals surface area contributed by atoms with Gasteiger partial charge in [0, 0.05) is 37.6 Å². The first-order chi connectivity index (χ1) is 11.1. The van der Waals surface area contributed by atoms with Gasteiger partial charge in [-0.25, -0.2) is 9.07 Å². The smallest absolute Gasteiger partial charge is 0.123 e. The standard InChI is InChI=1S/C17H23FN4O/c1-20(2)15-9-16(12-23)21(11-15)10-13-8-14(18)4-5-17(13)22-7-3-6-19-22/h3-8,15-16,23H,9-12H2,1-2H3/t15-,16+/m1/s1. The summed E-state index contributed by atoms with van der Waals surface area (Å²) < 4.78 is 15.5. The van der Waals surface area contributed by atoms with Crippen LogP contribution in [0.3, 0.4) is 0 Å². The quantitative estimate of drug-likeness (QED) is 0.908.